The Balaban J connectivity index is 2.07. The van der Waals surface area contributed by atoms with Crippen LogP contribution in [-0.2, 0) is 11.2 Å². The average molecular weight is 314 g/mol. The van der Waals surface area contributed by atoms with E-state index in [0.29, 0.717) is 5.92 Å². The van der Waals surface area contributed by atoms with Gasteiger partial charge in [0.1, 0.15) is 5.75 Å². The number of ether oxygens (including phenoxy) is 2. The Hall–Kier alpha value is -0.580. The summed E-state index contributed by atoms with van der Waals surface area (Å²) >= 11 is 3.56. The molecular weight excluding hydrogens is 294 g/mol. The Morgan fingerprint density at radius 3 is 2.67 bits per heavy atom. The standard InChI is InChI=1S/C14H20BrNO2/c1-17-11-5-6-12(15)10(7-11)8-13(16)14(18-2)9-3-4-9/h5-7,9,13-14H,3-4,8,16H2,1-2H3. The van der Waals surface area contributed by atoms with Crippen molar-refractivity contribution in [3.8, 4) is 5.75 Å². The number of rotatable bonds is 6. The first-order chi connectivity index (χ1) is 8.65. The van der Waals surface area contributed by atoms with Crippen LogP contribution in [0.5, 0.6) is 5.75 Å². The molecule has 0 radical (unpaired) electrons. The van der Waals surface area contributed by atoms with Crippen LogP contribution < -0.4 is 10.5 Å². The van der Waals surface area contributed by atoms with Gasteiger partial charge in [-0.1, -0.05) is 15.9 Å². The molecule has 4 heteroatoms. The zero-order valence-electron chi connectivity index (χ0n) is 10.9. The van der Waals surface area contributed by atoms with Gasteiger partial charge in [-0.25, -0.2) is 0 Å². The summed E-state index contributed by atoms with van der Waals surface area (Å²) in [6, 6.07) is 6.00. The van der Waals surface area contributed by atoms with Crippen LogP contribution in [-0.4, -0.2) is 26.4 Å². The molecule has 0 aromatic heterocycles. The fourth-order valence-electron chi connectivity index (χ4n) is 2.35. The minimum atomic E-state index is 0.0332. The van der Waals surface area contributed by atoms with E-state index >= 15 is 0 Å². The summed E-state index contributed by atoms with van der Waals surface area (Å²) in [7, 11) is 3.43. The van der Waals surface area contributed by atoms with Crippen molar-refractivity contribution in [1.29, 1.82) is 0 Å². The minimum absolute atomic E-state index is 0.0332. The molecule has 2 atom stereocenters. The van der Waals surface area contributed by atoms with Gasteiger partial charge in [0.2, 0.25) is 0 Å². The summed E-state index contributed by atoms with van der Waals surface area (Å²) in [6.45, 7) is 0. The molecule has 1 aromatic carbocycles. The zero-order chi connectivity index (χ0) is 13.1. The molecule has 2 N–H and O–H groups in total. The van der Waals surface area contributed by atoms with Crippen LogP contribution in [0.15, 0.2) is 22.7 Å². The maximum Gasteiger partial charge on any atom is 0.119 e. The van der Waals surface area contributed by atoms with Crippen molar-refractivity contribution in [2.45, 2.75) is 31.4 Å². The van der Waals surface area contributed by atoms with E-state index in [4.69, 9.17) is 15.2 Å². The van der Waals surface area contributed by atoms with Crippen molar-refractivity contribution in [2.24, 2.45) is 11.7 Å². The highest BCUT2D eigenvalue weighted by atomic mass is 79.9. The molecule has 1 saturated carbocycles. The predicted molar refractivity (Wildman–Crippen MR) is 75.9 cm³/mol. The van der Waals surface area contributed by atoms with Crippen LogP contribution in [0.4, 0.5) is 0 Å². The lowest BCUT2D eigenvalue weighted by molar-refractivity contribution is 0.0626. The largest absolute Gasteiger partial charge is 0.497 e. The van der Waals surface area contributed by atoms with Crippen LogP contribution in [0, 0.1) is 5.92 Å². The number of halogens is 1. The van der Waals surface area contributed by atoms with E-state index in [9.17, 15) is 0 Å². The summed E-state index contributed by atoms with van der Waals surface area (Å²) in [6.07, 6.45) is 3.45. The van der Waals surface area contributed by atoms with E-state index in [0.717, 1.165) is 16.6 Å². The van der Waals surface area contributed by atoms with Crippen molar-refractivity contribution in [3.63, 3.8) is 0 Å². The van der Waals surface area contributed by atoms with Crippen molar-refractivity contribution in [3.05, 3.63) is 28.2 Å². The van der Waals surface area contributed by atoms with Gasteiger partial charge in [-0.2, -0.15) is 0 Å². The van der Waals surface area contributed by atoms with Gasteiger partial charge in [-0.15, -0.1) is 0 Å². The first-order valence-electron chi connectivity index (χ1n) is 6.26. The molecule has 18 heavy (non-hydrogen) atoms. The van der Waals surface area contributed by atoms with Crippen LogP contribution in [0.25, 0.3) is 0 Å². The van der Waals surface area contributed by atoms with Crippen molar-refractivity contribution in [2.75, 3.05) is 14.2 Å². The topological polar surface area (TPSA) is 44.5 Å². The Morgan fingerprint density at radius 1 is 1.39 bits per heavy atom. The Bertz CT molecular complexity index is 407. The third kappa shape index (κ3) is 3.25. The Labute approximate surface area is 117 Å². The molecule has 0 aliphatic heterocycles. The molecule has 0 saturated heterocycles. The fraction of sp³-hybridized carbons (Fsp3) is 0.571. The molecule has 0 spiro atoms. The normalized spacial score (nSPS) is 18.4. The van der Waals surface area contributed by atoms with Gasteiger partial charge in [-0.05, 0) is 48.9 Å². The first kappa shape index (κ1) is 13.8. The summed E-state index contributed by atoms with van der Waals surface area (Å²) in [4.78, 5) is 0. The smallest absolute Gasteiger partial charge is 0.119 e. The van der Waals surface area contributed by atoms with Crippen molar-refractivity contribution in [1.82, 2.24) is 0 Å². The summed E-state index contributed by atoms with van der Waals surface area (Å²) in [5.41, 5.74) is 7.45. The van der Waals surface area contributed by atoms with Gasteiger partial charge in [0, 0.05) is 17.6 Å². The third-order valence-corrected chi connectivity index (χ3v) is 4.26. The van der Waals surface area contributed by atoms with E-state index in [1.54, 1.807) is 14.2 Å². The average Bonchev–Trinajstić information content (AvgIpc) is 3.17. The van der Waals surface area contributed by atoms with Crippen LogP contribution in [0.3, 0.4) is 0 Å². The van der Waals surface area contributed by atoms with Gasteiger partial charge >= 0.3 is 0 Å². The van der Waals surface area contributed by atoms with E-state index in [2.05, 4.69) is 15.9 Å². The van der Waals surface area contributed by atoms with Gasteiger partial charge in [0.25, 0.3) is 0 Å². The molecule has 0 heterocycles. The maximum atomic E-state index is 6.28. The van der Waals surface area contributed by atoms with Gasteiger partial charge in [0.05, 0.1) is 13.2 Å². The van der Waals surface area contributed by atoms with Crippen molar-refractivity contribution < 1.29 is 9.47 Å². The van der Waals surface area contributed by atoms with Crippen molar-refractivity contribution >= 4 is 15.9 Å². The number of nitrogens with two attached hydrogens (primary N) is 1. The molecule has 1 aromatic rings. The lowest BCUT2D eigenvalue weighted by atomic mass is 9.99. The van der Waals surface area contributed by atoms with E-state index < -0.39 is 0 Å². The molecule has 1 fully saturated rings. The lowest BCUT2D eigenvalue weighted by Gasteiger charge is -2.23. The second-order valence-corrected chi connectivity index (χ2v) is 5.72. The highest BCUT2D eigenvalue weighted by molar-refractivity contribution is 9.10. The van der Waals surface area contributed by atoms with Gasteiger partial charge in [-0.3, -0.25) is 0 Å². The Kier molecular flexibility index (Phi) is 4.65. The van der Waals surface area contributed by atoms with E-state index in [-0.39, 0.29) is 12.1 Å². The SMILES string of the molecule is COc1ccc(Br)c(CC(N)C(OC)C2CC2)c1. The summed E-state index contributed by atoms with van der Waals surface area (Å²) in [5.74, 6) is 1.51. The molecule has 100 valence electrons. The number of hydrogen-bond donors (Lipinski definition) is 1. The van der Waals surface area contributed by atoms with Gasteiger partial charge < -0.3 is 15.2 Å². The first-order valence-corrected chi connectivity index (χ1v) is 7.05. The zero-order valence-corrected chi connectivity index (χ0v) is 12.4. The molecule has 1 aliphatic carbocycles. The molecule has 1 aliphatic rings. The molecule has 3 nitrogen and oxygen atoms in total. The van der Waals surface area contributed by atoms with Gasteiger partial charge in [0.15, 0.2) is 0 Å². The Morgan fingerprint density at radius 2 is 2.11 bits per heavy atom. The second kappa shape index (κ2) is 6.04. The quantitative estimate of drug-likeness (QED) is 0.878. The highest BCUT2D eigenvalue weighted by Crippen LogP contribution is 2.36. The molecule has 0 bridgehead atoms. The number of hydrogen-bond acceptors (Lipinski definition) is 3. The third-order valence-electron chi connectivity index (χ3n) is 3.49. The molecule has 0 amide bonds. The van der Waals surface area contributed by atoms with E-state index in [1.165, 1.54) is 18.4 Å². The molecule has 2 unspecified atom stereocenters. The number of benzene rings is 1. The van der Waals surface area contributed by atoms with Crippen LogP contribution >= 0.6 is 15.9 Å². The summed E-state index contributed by atoms with van der Waals surface area (Å²) < 4.78 is 11.9. The second-order valence-electron chi connectivity index (χ2n) is 4.86. The number of methoxy groups -OCH3 is 2. The predicted octanol–water partition coefficient (Wildman–Crippen LogP) is 2.75. The molecule has 2 rings (SSSR count). The lowest BCUT2D eigenvalue weighted by Crippen LogP contribution is -2.39. The monoisotopic (exact) mass is 313 g/mol. The van der Waals surface area contributed by atoms with E-state index in [1.807, 2.05) is 18.2 Å². The maximum absolute atomic E-state index is 6.28. The van der Waals surface area contributed by atoms with Crippen LogP contribution in [0.1, 0.15) is 18.4 Å². The van der Waals surface area contributed by atoms with Crippen LogP contribution in [0.2, 0.25) is 0 Å². The highest BCUT2D eigenvalue weighted by Gasteiger charge is 2.35. The fourth-order valence-corrected chi connectivity index (χ4v) is 2.75. The molecular formula is C14H20BrNO2. The minimum Gasteiger partial charge on any atom is -0.497 e. The summed E-state index contributed by atoms with van der Waals surface area (Å²) in [5, 5.41) is 0.